The van der Waals surface area contributed by atoms with Crippen molar-refractivity contribution in [3.8, 4) is 11.3 Å². The highest BCUT2D eigenvalue weighted by Crippen LogP contribution is 2.35. The van der Waals surface area contributed by atoms with Gasteiger partial charge in [-0.15, -0.1) is 0 Å². The van der Waals surface area contributed by atoms with Gasteiger partial charge >= 0.3 is 0 Å². The summed E-state index contributed by atoms with van der Waals surface area (Å²) in [4.78, 5) is 4.64. The Balaban J connectivity index is 2.13. The summed E-state index contributed by atoms with van der Waals surface area (Å²) in [7, 11) is 0. The zero-order valence-electron chi connectivity index (χ0n) is 11.3. The van der Waals surface area contributed by atoms with Crippen LogP contribution in [0.3, 0.4) is 0 Å². The molecule has 1 aromatic heterocycles. The Bertz CT molecular complexity index is 954. The monoisotopic (exact) mass is 333 g/mol. The number of pyridine rings is 1. The van der Waals surface area contributed by atoms with Crippen LogP contribution in [0.1, 0.15) is 0 Å². The van der Waals surface area contributed by atoms with Gasteiger partial charge < -0.3 is 0 Å². The molecule has 0 unspecified atom stereocenters. The molecular formula is C19H12BrN. The quantitative estimate of drug-likeness (QED) is 0.427. The van der Waals surface area contributed by atoms with Crippen molar-refractivity contribution in [3.05, 3.63) is 77.4 Å². The van der Waals surface area contributed by atoms with Crippen LogP contribution in [0.25, 0.3) is 32.8 Å². The topological polar surface area (TPSA) is 12.9 Å². The predicted molar refractivity (Wildman–Crippen MR) is 92.4 cm³/mol. The van der Waals surface area contributed by atoms with Crippen LogP contribution in [0, 0.1) is 0 Å². The summed E-state index contributed by atoms with van der Waals surface area (Å²) in [5, 5.41) is 4.84. The van der Waals surface area contributed by atoms with Gasteiger partial charge in [-0.05, 0) is 28.3 Å². The van der Waals surface area contributed by atoms with Crippen LogP contribution in [0.2, 0.25) is 0 Å². The molecule has 3 aromatic carbocycles. The normalized spacial score (nSPS) is 11.1. The van der Waals surface area contributed by atoms with Crippen LogP contribution in [-0.4, -0.2) is 4.98 Å². The van der Waals surface area contributed by atoms with Gasteiger partial charge in [0.2, 0.25) is 0 Å². The summed E-state index contributed by atoms with van der Waals surface area (Å²) in [5.41, 5.74) is 2.21. The molecule has 1 heterocycles. The van der Waals surface area contributed by atoms with E-state index in [1.807, 2.05) is 6.20 Å². The van der Waals surface area contributed by atoms with Gasteiger partial charge in [-0.3, -0.25) is 4.98 Å². The van der Waals surface area contributed by atoms with Crippen LogP contribution < -0.4 is 0 Å². The van der Waals surface area contributed by atoms with E-state index in [-0.39, 0.29) is 0 Å². The smallest absolute Gasteiger partial charge is 0.0786 e. The van der Waals surface area contributed by atoms with Gasteiger partial charge in [-0.25, -0.2) is 0 Å². The number of hydrogen-bond acceptors (Lipinski definition) is 1. The minimum Gasteiger partial charge on any atom is -0.256 e. The number of fused-ring (bicyclic) bond motifs is 2. The van der Waals surface area contributed by atoms with E-state index in [1.165, 1.54) is 27.1 Å². The molecule has 0 bridgehead atoms. The van der Waals surface area contributed by atoms with Crippen molar-refractivity contribution in [1.82, 2.24) is 4.98 Å². The van der Waals surface area contributed by atoms with Gasteiger partial charge in [0.25, 0.3) is 0 Å². The summed E-state index contributed by atoms with van der Waals surface area (Å²) in [6.07, 6.45) is 1.88. The number of nitrogens with zero attached hydrogens (tertiary/aromatic N) is 1. The minimum atomic E-state index is 1.04. The first-order valence-electron chi connectivity index (χ1n) is 6.86. The molecule has 0 N–H and O–H groups in total. The number of aromatic nitrogens is 1. The van der Waals surface area contributed by atoms with Crippen LogP contribution in [-0.2, 0) is 0 Å². The molecule has 0 aliphatic carbocycles. The number of benzene rings is 3. The van der Waals surface area contributed by atoms with Gasteiger partial charge in [0, 0.05) is 21.6 Å². The molecular weight excluding hydrogens is 322 g/mol. The van der Waals surface area contributed by atoms with Gasteiger partial charge in [0.15, 0.2) is 0 Å². The second kappa shape index (κ2) is 4.97. The average Bonchev–Trinajstić information content (AvgIpc) is 2.55. The second-order valence-corrected chi connectivity index (χ2v) is 5.88. The molecule has 0 fully saturated rings. The Hall–Kier alpha value is -2.19. The van der Waals surface area contributed by atoms with Crippen LogP contribution >= 0.6 is 15.9 Å². The molecule has 21 heavy (non-hydrogen) atoms. The molecule has 0 amide bonds. The van der Waals surface area contributed by atoms with Gasteiger partial charge in [-0.2, -0.15) is 0 Å². The van der Waals surface area contributed by atoms with Crippen LogP contribution in [0.5, 0.6) is 0 Å². The maximum atomic E-state index is 4.64. The Morgan fingerprint density at radius 2 is 1.38 bits per heavy atom. The molecule has 0 atom stereocenters. The second-order valence-electron chi connectivity index (χ2n) is 5.02. The van der Waals surface area contributed by atoms with E-state index in [9.17, 15) is 0 Å². The third kappa shape index (κ3) is 2.03. The highest BCUT2D eigenvalue weighted by atomic mass is 79.9. The molecule has 0 aliphatic rings. The van der Waals surface area contributed by atoms with E-state index in [0.29, 0.717) is 0 Å². The Morgan fingerprint density at radius 1 is 0.667 bits per heavy atom. The SMILES string of the molecule is Brc1ccc(-c2nccc3ccccc23)c2ccccc12. The third-order valence-electron chi connectivity index (χ3n) is 3.80. The molecule has 2 heteroatoms. The lowest BCUT2D eigenvalue weighted by Gasteiger charge is -2.10. The zero-order valence-corrected chi connectivity index (χ0v) is 12.8. The van der Waals surface area contributed by atoms with Gasteiger partial charge in [0.1, 0.15) is 0 Å². The predicted octanol–water partition coefficient (Wildman–Crippen LogP) is 5.82. The highest BCUT2D eigenvalue weighted by molar-refractivity contribution is 9.10. The van der Waals surface area contributed by atoms with E-state index in [2.05, 4.69) is 87.6 Å². The first-order chi connectivity index (χ1) is 10.3. The molecule has 4 rings (SSSR count). The molecule has 0 radical (unpaired) electrons. The fraction of sp³-hybridized carbons (Fsp3) is 0. The van der Waals surface area contributed by atoms with Crippen molar-refractivity contribution in [2.24, 2.45) is 0 Å². The largest absolute Gasteiger partial charge is 0.256 e. The Morgan fingerprint density at radius 3 is 2.24 bits per heavy atom. The van der Waals surface area contributed by atoms with Gasteiger partial charge in [0.05, 0.1) is 5.69 Å². The molecule has 0 spiro atoms. The minimum absolute atomic E-state index is 1.04. The fourth-order valence-corrected chi connectivity index (χ4v) is 3.28. The maximum absolute atomic E-state index is 4.64. The Kier molecular flexibility index (Phi) is 2.97. The van der Waals surface area contributed by atoms with Gasteiger partial charge in [-0.1, -0.05) is 70.5 Å². The van der Waals surface area contributed by atoms with Crippen molar-refractivity contribution in [2.45, 2.75) is 0 Å². The summed E-state index contributed by atoms with van der Waals surface area (Å²) in [5.74, 6) is 0. The lowest BCUT2D eigenvalue weighted by molar-refractivity contribution is 1.36. The van der Waals surface area contributed by atoms with Crippen LogP contribution in [0.4, 0.5) is 0 Å². The van der Waals surface area contributed by atoms with Crippen molar-refractivity contribution in [3.63, 3.8) is 0 Å². The van der Waals surface area contributed by atoms with Crippen molar-refractivity contribution in [1.29, 1.82) is 0 Å². The molecule has 100 valence electrons. The standard InChI is InChI=1S/C19H12BrN/c20-18-10-9-17(15-7-3-4-8-16(15)18)19-14-6-2-1-5-13(14)11-12-21-19/h1-12H. The zero-order chi connectivity index (χ0) is 14.2. The fourth-order valence-electron chi connectivity index (χ4n) is 2.80. The summed E-state index contributed by atoms with van der Waals surface area (Å²) < 4.78 is 1.11. The highest BCUT2D eigenvalue weighted by Gasteiger charge is 2.10. The lowest BCUT2D eigenvalue weighted by atomic mass is 9.98. The number of hydrogen-bond donors (Lipinski definition) is 0. The van der Waals surface area contributed by atoms with E-state index in [0.717, 1.165) is 10.2 Å². The third-order valence-corrected chi connectivity index (χ3v) is 4.49. The molecule has 4 aromatic rings. The Labute approximate surface area is 131 Å². The molecule has 0 aliphatic heterocycles. The lowest BCUT2D eigenvalue weighted by Crippen LogP contribution is -1.88. The summed E-state index contributed by atoms with van der Waals surface area (Å²) in [6, 6.07) is 23.1. The van der Waals surface area contributed by atoms with E-state index >= 15 is 0 Å². The summed E-state index contributed by atoms with van der Waals surface area (Å²) in [6.45, 7) is 0. The van der Waals surface area contributed by atoms with Crippen molar-refractivity contribution in [2.75, 3.05) is 0 Å². The van der Waals surface area contributed by atoms with Crippen LogP contribution in [0.15, 0.2) is 77.4 Å². The first-order valence-corrected chi connectivity index (χ1v) is 7.65. The first kappa shape index (κ1) is 12.5. The molecule has 0 saturated carbocycles. The number of halogens is 1. The average molecular weight is 334 g/mol. The molecule has 1 nitrogen and oxygen atoms in total. The van der Waals surface area contributed by atoms with Crippen molar-refractivity contribution >= 4 is 37.5 Å². The van der Waals surface area contributed by atoms with Crippen molar-refractivity contribution < 1.29 is 0 Å². The van der Waals surface area contributed by atoms with E-state index in [1.54, 1.807) is 0 Å². The van der Waals surface area contributed by atoms with E-state index in [4.69, 9.17) is 0 Å². The maximum Gasteiger partial charge on any atom is 0.0786 e. The molecule has 0 saturated heterocycles. The van der Waals surface area contributed by atoms with E-state index < -0.39 is 0 Å². The summed E-state index contributed by atoms with van der Waals surface area (Å²) >= 11 is 3.63. The number of rotatable bonds is 1.